The summed E-state index contributed by atoms with van der Waals surface area (Å²) in [6.45, 7) is 2.50. The normalized spacial score (nSPS) is 12.8. The van der Waals surface area contributed by atoms with Gasteiger partial charge in [-0.15, -0.1) is 0 Å². The molecule has 0 aliphatic rings. The molecule has 7 nitrogen and oxygen atoms in total. The van der Waals surface area contributed by atoms with Gasteiger partial charge in [0.15, 0.2) is 11.6 Å². The average molecular weight is 522 g/mol. The van der Waals surface area contributed by atoms with Gasteiger partial charge in [0.1, 0.15) is 28.7 Å². The molecule has 0 bridgehead atoms. The Hall–Kier alpha value is -3.41. The number of hydrogen-bond acceptors (Lipinski definition) is 7. The Bertz CT molecular complexity index is 1410. The number of hydrogen-bond donors (Lipinski definition) is 3. The molecule has 36 heavy (non-hydrogen) atoms. The Kier molecular flexibility index (Phi) is 7.07. The van der Waals surface area contributed by atoms with Crippen molar-refractivity contribution < 1.29 is 27.8 Å². The van der Waals surface area contributed by atoms with Crippen LogP contribution >= 0.6 is 11.6 Å². The smallest absolute Gasteiger partial charge is 0.262 e. The molecule has 1 unspecified atom stereocenters. The molecule has 0 aliphatic heterocycles. The monoisotopic (exact) mass is 521 g/mol. The molecule has 1 aromatic carbocycles. The number of nitrogens with zero attached hydrogens (tertiary/aromatic N) is 4. The van der Waals surface area contributed by atoms with Crippen molar-refractivity contribution >= 4 is 28.3 Å². The van der Waals surface area contributed by atoms with E-state index in [1.165, 1.54) is 32.3 Å². The van der Waals surface area contributed by atoms with Crippen molar-refractivity contribution in [1.29, 1.82) is 0 Å². The molecule has 3 N–H and O–H groups in total. The third-order valence-electron chi connectivity index (χ3n) is 5.35. The van der Waals surface area contributed by atoms with E-state index in [2.05, 4.69) is 25.3 Å². The maximum atomic E-state index is 14.9. The molecule has 0 saturated heterocycles. The van der Waals surface area contributed by atoms with Crippen LogP contribution in [0.1, 0.15) is 36.8 Å². The van der Waals surface area contributed by atoms with Crippen LogP contribution in [-0.2, 0) is 12.2 Å². The van der Waals surface area contributed by atoms with Crippen LogP contribution in [0.5, 0.6) is 0 Å². The number of aromatic nitrogens is 4. The first-order valence-corrected chi connectivity index (χ1v) is 11.0. The van der Waals surface area contributed by atoms with Crippen molar-refractivity contribution in [2.75, 3.05) is 5.32 Å². The van der Waals surface area contributed by atoms with E-state index in [-0.39, 0.29) is 44.4 Å². The molecule has 0 saturated carbocycles. The minimum Gasteiger partial charge on any atom is -0.392 e. The van der Waals surface area contributed by atoms with Crippen LogP contribution in [0.3, 0.4) is 0 Å². The number of aliphatic hydroxyl groups excluding tert-OH is 1. The number of alkyl halides is 2. The lowest BCUT2D eigenvalue weighted by Crippen LogP contribution is -2.21. The third kappa shape index (κ3) is 5.08. The van der Waals surface area contributed by atoms with Crippen molar-refractivity contribution in [1.82, 2.24) is 19.9 Å². The molecule has 0 amide bonds. The minimum atomic E-state index is -3.09. The number of anilines is 1. The molecule has 188 valence electrons. The second kappa shape index (κ2) is 9.92. The SMILES string of the molecule is CC(C)(O)c1ncc(-c2nc3c(NC(c4cc(CO)ccc4F)C(F)F)c(Cl)cnc3cc2F)cn1. The Morgan fingerprint density at radius 1 is 1.03 bits per heavy atom. The fourth-order valence-electron chi connectivity index (χ4n) is 3.53. The lowest BCUT2D eigenvalue weighted by molar-refractivity contribution is 0.0687. The molecule has 0 spiro atoms. The van der Waals surface area contributed by atoms with E-state index >= 15 is 0 Å². The van der Waals surface area contributed by atoms with E-state index in [0.717, 1.165) is 24.4 Å². The fraction of sp³-hybridized carbons (Fsp3) is 0.250. The molecule has 4 rings (SSSR count). The summed E-state index contributed by atoms with van der Waals surface area (Å²) in [6.07, 6.45) is 0.577. The largest absolute Gasteiger partial charge is 0.392 e. The van der Waals surface area contributed by atoms with Gasteiger partial charge in [0.2, 0.25) is 0 Å². The maximum absolute atomic E-state index is 14.9. The second-order valence-corrected chi connectivity index (χ2v) is 8.90. The Balaban J connectivity index is 1.83. The maximum Gasteiger partial charge on any atom is 0.262 e. The zero-order chi connectivity index (χ0) is 26.2. The predicted molar refractivity (Wildman–Crippen MR) is 125 cm³/mol. The first kappa shape index (κ1) is 25.7. The van der Waals surface area contributed by atoms with Gasteiger partial charge < -0.3 is 15.5 Å². The zero-order valence-electron chi connectivity index (χ0n) is 19.0. The van der Waals surface area contributed by atoms with Crippen LogP contribution in [0.15, 0.2) is 42.9 Å². The summed E-state index contributed by atoms with van der Waals surface area (Å²) in [5, 5.41) is 21.8. The standard InChI is InChI=1S/C24H20ClF4N5O2/c1-24(2,36)23-31-7-12(8-32-23)18-16(27)6-17-21(33-18)20(14(25)9-30-17)34-19(22(28)29)13-5-11(10-35)3-4-15(13)26/h3-9,19,22,35-36H,10H2,1-2H3,(H,30,34). The van der Waals surface area contributed by atoms with Crippen LogP contribution in [0.2, 0.25) is 5.02 Å². The van der Waals surface area contributed by atoms with E-state index in [4.69, 9.17) is 11.6 Å². The molecule has 0 fully saturated rings. The Labute approximate surface area is 207 Å². The van der Waals surface area contributed by atoms with Crippen LogP contribution in [0.4, 0.5) is 23.2 Å². The van der Waals surface area contributed by atoms with Crippen molar-refractivity contribution in [3.63, 3.8) is 0 Å². The van der Waals surface area contributed by atoms with E-state index in [1.54, 1.807) is 0 Å². The summed E-state index contributed by atoms with van der Waals surface area (Å²) in [6, 6.07) is 2.55. The molecule has 1 atom stereocenters. The molecule has 12 heteroatoms. The Morgan fingerprint density at radius 3 is 2.33 bits per heavy atom. The topological polar surface area (TPSA) is 104 Å². The highest BCUT2D eigenvalue weighted by Crippen LogP contribution is 2.36. The molecular formula is C24H20ClF4N5O2. The van der Waals surface area contributed by atoms with E-state index in [0.29, 0.717) is 0 Å². The summed E-state index contributed by atoms with van der Waals surface area (Å²) in [7, 11) is 0. The molecular weight excluding hydrogens is 502 g/mol. The molecule has 0 aliphatic carbocycles. The van der Waals surface area contributed by atoms with Crippen molar-refractivity contribution in [3.8, 4) is 11.3 Å². The highest BCUT2D eigenvalue weighted by Gasteiger charge is 2.28. The van der Waals surface area contributed by atoms with Gasteiger partial charge in [0.05, 0.1) is 22.8 Å². The van der Waals surface area contributed by atoms with E-state index < -0.39 is 41.9 Å². The van der Waals surface area contributed by atoms with Crippen LogP contribution < -0.4 is 5.32 Å². The van der Waals surface area contributed by atoms with Crippen molar-refractivity contribution in [2.45, 2.75) is 38.5 Å². The number of pyridine rings is 2. The average Bonchev–Trinajstić information content (AvgIpc) is 2.83. The van der Waals surface area contributed by atoms with Gasteiger partial charge in [-0.1, -0.05) is 17.7 Å². The summed E-state index contributed by atoms with van der Waals surface area (Å²) >= 11 is 6.26. The van der Waals surface area contributed by atoms with Gasteiger partial charge in [0.25, 0.3) is 6.43 Å². The summed E-state index contributed by atoms with van der Waals surface area (Å²) in [5.74, 6) is -1.59. The zero-order valence-corrected chi connectivity index (χ0v) is 19.7. The van der Waals surface area contributed by atoms with Crippen molar-refractivity contribution in [2.24, 2.45) is 0 Å². The fourth-order valence-corrected chi connectivity index (χ4v) is 3.73. The van der Waals surface area contributed by atoms with E-state index in [1.807, 2.05) is 0 Å². The lowest BCUT2D eigenvalue weighted by Gasteiger charge is -2.22. The molecule has 0 radical (unpaired) electrons. The third-order valence-corrected chi connectivity index (χ3v) is 5.64. The number of benzene rings is 1. The minimum absolute atomic E-state index is 0.00905. The number of aliphatic hydroxyl groups is 2. The number of halogens is 5. The van der Waals surface area contributed by atoms with Gasteiger partial charge >= 0.3 is 0 Å². The van der Waals surface area contributed by atoms with Gasteiger partial charge in [-0.3, -0.25) is 4.98 Å². The highest BCUT2D eigenvalue weighted by molar-refractivity contribution is 6.34. The second-order valence-electron chi connectivity index (χ2n) is 8.49. The summed E-state index contributed by atoms with van der Waals surface area (Å²) in [4.78, 5) is 16.4. The first-order valence-electron chi connectivity index (χ1n) is 10.6. The molecule has 3 heterocycles. The van der Waals surface area contributed by atoms with Crippen molar-refractivity contribution in [3.05, 3.63) is 76.5 Å². The number of fused-ring (bicyclic) bond motifs is 1. The summed E-state index contributed by atoms with van der Waals surface area (Å²) < 4.78 is 57.6. The number of nitrogens with one attached hydrogen (secondary N) is 1. The molecule has 4 aromatic rings. The van der Waals surface area contributed by atoms with Crippen LogP contribution in [0, 0.1) is 11.6 Å². The van der Waals surface area contributed by atoms with Gasteiger partial charge in [-0.2, -0.15) is 0 Å². The highest BCUT2D eigenvalue weighted by atomic mass is 35.5. The number of rotatable bonds is 7. The van der Waals surface area contributed by atoms with Gasteiger partial charge in [0, 0.05) is 35.8 Å². The lowest BCUT2D eigenvalue weighted by atomic mass is 10.0. The first-order chi connectivity index (χ1) is 17.0. The van der Waals surface area contributed by atoms with E-state index in [9.17, 15) is 27.8 Å². The quantitative estimate of drug-likeness (QED) is 0.289. The molecule has 3 aromatic heterocycles. The Morgan fingerprint density at radius 2 is 1.72 bits per heavy atom. The van der Waals surface area contributed by atoms with Gasteiger partial charge in [-0.25, -0.2) is 32.5 Å². The van der Waals surface area contributed by atoms with Crippen LogP contribution in [0.25, 0.3) is 22.3 Å². The summed E-state index contributed by atoms with van der Waals surface area (Å²) in [5.41, 5.74) is -1.69. The van der Waals surface area contributed by atoms with Gasteiger partial charge in [-0.05, 0) is 31.5 Å². The predicted octanol–water partition coefficient (Wildman–Crippen LogP) is 5.16. The van der Waals surface area contributed by atoms with Crippen LogP contribution in [-0.4, -0.2) is 36.6 Å².